The molecule has 1 aliphatic rings. The first kappa shape index (κ1) is 21.2. The summed E-state index contributed by atoms with van der Waals surface area (Å²) in [6.45, 7) is 9.25. The number of ether oxygens (including phenoxy) is 1. The fourth-order valence-electron chi connectivity index (χ4n) is 3.44. The van der Waals surface area contributed by atoms with Gasteiger partial charge in [0.2, 0.25) is 0 Å². The summed E-state index contributed by atoms with van der Waals surface area (Å²) < 4.78 is 5.38. The minimum Gasteiger partial charge on any atom is -0.370 e. The number of aromatic nitrogens is 1. The third-order valence-corrected chi connectivity index (χ3v) is 5.35. The van der Waals surface area contributed by atoms with Crippen LogP contribution in [0.25, 0.3) is 10.9 Å². The molecule has 0 atom stereocenters. The van der Waals surface area contributed by atoms with E-state index in [4.69, 9.17) is 17.0 Å². The highest BCUT2D eigenvalue weighted by Crippen LogP contribution is 2.22. The lowest BCUT2D eigenvalue weighted by Gasteiger charge is -2.23. The Bertz CT molecular complexity index is 875. The van der Waals surface area contributed by atoms with E-state index in [9.17, 15) is 5.26 Å². The lowest BCUT2D eigenvalue weighted by Crippen LogP contribution is -3.14. The van der Waals surface area contributed by atoms with Gasteiger partial charge in [0.1, 0.15) is 25.0 Å². The van der Waals surface area contributed by atoms with E-state index >= 15 is 0 Å². The lowest BCUT2D eigenvalue weighted by molar-refractivity contribution is -0.908. The molecule has 29 heavy (non-hydrogen) atoms. The van der Waals surface area contributed by atoms with Gasteiger partial charge in [0.05, 0.1) is 30.8 Å². The molecule has 154 valence electrons. The topological polar surface area (TPSA) is 86.4 Å². The highest BCUT2D eigenvalue weighted by atomic mass is 32.1. The molecule has 3 rings (SSSR count). The van der Waals surface area contributed by atoms with Crippen LogP contribution in [0.2, 0.25) is 0 Å². The molecule has 0 radical (unpaired) electrons. The van der Waals surface area contributed by atoms with Crippen molar-refractivity contribution < 1.29 is 9.64 Å². The summed E-state index contributed by atoms with van der Waals surface area (Å²) in [6.07, 6.45) is 1.08. The third-order valence-electron chi connectivity index (χ3n) is 5.06. The van der Waals surface area contributed by atoms with E-state index in [1.807, 2.05) is 31.2 Å². The summed E-state index contributed by atoms with van der Waals surface area (Å²) in [4.78, 5) is 6.25. The summed E-state index contributed by atoms with van der Waals surface area (Å²) in [7, 11) is 0. The van der Waals surface area contributed by atoms with Crippen LogP contribution in [-0.2, 0) is 4.74 Å². The summed E-state index contributed by atoms with van der Waals surface area (Å²) in [5.74, 6) is 0.614. The second-order valence-electron chi connectivity index (χ2n) is 7.22. The summed E-state index contributed by atoms with van der Waals surface area (Å²) in [5, 5.41) is 20.8. The smallest absolute Gasteiger partial charge is 0.166 e. The zero-order valence-electron chi connectivity index (χ0n) is 16.9. The maximum atomic E-state index is 9.42. The number of aryl methyl sites for hydroxylation is 1. The zero-order valence-corrected chi connectivity index (χ0v) is 17.7. The van der Waals surface area contributed by atoms with Gasteiger partial charge in [0.25, 0.3) is 0 Å². The maximum Gasteiger partial charge on any atom is 0.166 e. The van der Waals surface area contributed by atoms with Gasteiger partial charge < -0.3 is 25.6 Å². The van der Waals surface area contributed by atoms with Crippen LogP contribution in [0.15, 0.2) is 24.3 Å². The van der Waals surface area contributed by atoms with E-state index in [2.05, 4.69) is 27.0 Å². The minimum atomic E-state index is 0.550. The number of fused-ring (bicyclic) bond motifs is 1. The molecule has 0 amide bonds. The largest absolute Gasteiger partial charge is 0.370 e. The summed E-state index contributed by atoms with van der Waals surface area (Å²) in [5.41, 5.74) is 2.56. The Kier molecular flexibility index (Phi) is 7.99. The van der Waals surface area contributed by atoms with Crippen molar-refractivity contribution in [1.29, 1.82) is 5.26 Å². The summed E-state index contributed by atoms with van der Waals surface area (Å²) >= 11 is 5.34. The molecule has 1 aliphatic heterocycles. The molecule has 7 nitrogen and oxygen atoms in total. The molecule has 0 aliphatic carbocycles. The number of hydrogen-bond acceptors (Lipinski definition) is 5. The van der Waals surface area contributed by atoms with Crippen LogP contribution in [0.1, 0.15) is 17.5 Å². The first-order valence-corrected chi connectivity index (χ1v) is 10.6. The van der Waals surface area contributed by atoms with E-state index in [-0.39, 0.29) is 0 Å². The normalized spacial score (nSPS) is 14.3. The predicted molar refractivity (Wildman–Crippen MR) is 119 cm³/mol. The Hall–Kier alpha value is -2.47. The second-order valence-corrected chi connectivity index (χ2v) is 7.63. The van der Waals surface area contributed by atoms with Gasteiger partial charge in [-0.25, -0.2) is 4.98 Å². The molecule has 1 saturated heterocycles. The number of benzene rings is 1. The number of nitrogens with zero attached hydrogens (tertiary/aromatic N) is 2. The Morgan fingerprint density at radius 1 is 1.24 bits per heavy atom. The molecule has 1 aromatic carbocycles. The van der Waals surface area contributed by atoms with Gasteiger partial charge in [-0.1, -0.05) is 18.2 Å². The number of morpholine rings is 1. The van der Waals surface area contributed by atoms with E-state index < -0.39 is 0 Å². The quantitative estimate of drug-likeness (QED) is 0.372. The standard InChI is InChI=1S/C21H28N6OS/c1-16-4-2-5-17-14-18(15-22)20(26-19(16)17)23-7-8-25-21(29)24-6-3-9-27-10-12-28-13-11-27/h2,4-5,14H,3,6-13H2,1H3,(H,23,26)(H2,24,25,29)/p+1. The van der Waals surface area contributed by atoms with Crippen LogP contribution >= 0.6 is 12.2 Å². The van der Waals surface area contributed by atoms with Crippen LogP contribution in [0.4, 0.5) is 5.82 Å². The molecule has 1 aromatic heterocycles. The number of pyridine rings is 1. The zero-order chi connectivity index (χ0) is 20.5. The molecule has 4 N–H and O–H groups in total. The molecule has 8 heteroatoms. The summed E-state index contributed by atoms with van der Waals surface area (Å²) in [6, 6.07) is 10.1. The van der Waals surface area contributed by atoms with Crippen LogP contribution in [0.3, 0.4) is 0 Å². The number of hydrogen-bond donors (Lipinski definition) is 4. The van der Waals surface area contributed by atoms with Gasteiger partial charge in [-0.15, -0.1) is 0 Å². The van der Waals surface area contributed by atoms with Gasteiger partial charge in [-0.05, 0) is 30.8 Å². The monoisotopic (exact) mass is 413 g/mol. The predicted octanol–water partition coefficient (Wildman–Crippen LogP) is 0.596. The van der Waals surface area contributed by atoms with Crippen LogP contribution in [-0.4, -0.2) is 62.6 Å². The average Bonchev–Trinajstić information content (AvgIpc) is 2.75. The van der Waals surface area contributed by atoms with Crippen LogP contribution < -0.4 is 20.9 Å². The molecule has 0 bridgehead atoms. The van der Waals surface area contributed by atoms with Crippen molar-refractivity contribution in [3.8, 4) is 6.07 Å². The van der Waals surface area contributed by atoms with Crippen molar-refractivity contribution in [2.75, 3.05) is 57.8 Å². The van der Waals surface area contributed by atoms with Crippen molar-refractivity contribution in [3.05, 3.63) is 35.4 Å². The van der Waals surface area contributed by atoms with E-state index in [1.54, 1.807) is 4.90 Å². The SMILES string of the molecule is Cc1cccc2cc(C#N)c(NCCNC(=S)NCCC[NH+]3CCOCC3)nc12. The molecule has 2 aromatic rings. The molecular formula is C21H29N6OS+. The van der Waals surface area contributed by atoms with Crippen molar-refractivity contribution in [2.24, 2.45) is 0 Å². The Labute approximate surface area is 177 Å². The average molecular weight is 414 g/mol. The van der Waals surface area contributed by atoms with Crippen molar-refractivity contribution >= 4 is 34.1 Å². The fourth-order valence-corrected chi connectivity index (χ4v) is 3.64. The number of nitrogens with one attached hydrogen (secondary N) is 4. The molecule has 0 spiro atoms. The number of rotatable bonds is 8. The molecule has 2 heterocycles. The van der Waals surface area contributed by atoms with Crippen LogP contribution in [0.5, 0.6) is 0 Å². The van der Waals surface area contributed by atoms with Gasteiger partial charge in [0, 0.05) is 31.4 Å². The van der Waals surface area contributed by atoms with Crippen molar-refractivity contribution in [3.63, 3.8) is 0 Å². The number of anilines is 1. The van der Waals surface area contributed by atoms with Crippen molar-refractivity contribution in [1.82, 2.24) is 15.6 Å². The van der Waals surface area contributed by atoms with Gasteiger partial charge >= 0.3 is 0 Å². The van der Waals surface area contributed by atoms with Gasteiger partial charge in [-0.2, -0.15) is 5.26 Å². The number of nitriles is 1. The number of thiocarbonyl (C=S) groups is 1. The number of quaternary nitrogens is 1. The third kappa shape index (κ3) is 6.26. The molecular weight excluding hydrogens is 384 g/mol. The van der Waals surface area contributed by atoms with Gasteiger partial charge in [0.15, 0.2) is 5.11 Å². The Balaban J connectivity index is 1.38. The van der Waals surface area contributed by atoms with Crippen LogP contribution in [0, 0.1) is 18.3 Å². The van der Waals surface area contributed by atoms with E-state index in [0.29, 0.717) is 29.6 Å². The van der Waals surface area contributed by atoms with Crippen molar-refractivity contribution in [2.45, 2.75) is 13.3 Å². The molecule has 1 fully saturated rings. The Morgan fingerprint density at radius 3 is 2.83 bits per heavy atom. The first-order valence-electron chi connectivity index (χ1n) is 10.1. The maximum absolute atomic E-state index is 9.42. The highest BCUT2D eigenvalue weighted by molar-refractivity contribution is 7.80. The highest BCUT2D eigenvalue weighted by Gasteiger charge is 2.12. The van der Waals surface area contributed by atoms with E-state index in [0.717, 1.165) is 62.3 Å². The lowest BCUT2D eigenvalue weighted by atomic mass is 10.1. The minimum absolute atomic E-state index is 0.550. The van der Waals surface area contributed by atoms with E-state index in [1.165, 1.54) is 0 Å². The Morgan fingerprint density at radius 2 is 2.03 bits per heavy atom. The first-order chi connectivity index (χ1) is 14.2. The fraction of sp³-hybridized carbons (Fsp3) is 0.476. The van der Waals surface area contributed by atoms with Gasteiger partial charge in [-0.3, -0.25) is 0 Å². The molecule has 0 unspecified atom stereocenters. The second kappa shape index (κ2) is 10.9. The number of para-hydroxylation sites is 1. The molecule has 0 saturated carbocycles.